The molecule has 0 aliphatic carbocycles. The lowest BCUT2D eigenvalue weighted by atomic mass is 10.1. The zero-order chi connectivity index (χ0) is 18.1. The number of amides is 1. The van der Waals surface area contributed by atoms with Crippen molar-refractivity contribution in [1.29, 1.82) is 0 Å². The lowest BCUT2D eigenvalue weighted by Crippen LogP contribution is -2.15. The van der Waals surface area contributed by atoms with Crippen LogP contribution in [0.4, 0.5) is 5.69 Å². The van der Waals surface area contributed by atoms with Crippen molar-refractivity contribution in [1.82, 2.24) is 19.5 Å². The number of hydrogen-bond acceptors (Lipinski definition) is 5. The monoisotopic (exact) mass is 347 g/mol. The van der Waals surface area contributed by atoms with Crippen molar-refractivity contribution in [2.24, 2.45) is 0 Å². The maximum Gasteiger partial charge on any atom is 0.234 e. The van der Waals surface area contributed by atoms with Crippen molar-refractivity contribution in [3.8, 4) is 11.3 Å². The number of nitrogens with one attached hydrogen (secondary N) is 1. The highest BCUT2D eigenvalue weighted by Gasteiger charge is 2.13. The Hall–Kier alpha value is -3.48. The van der Waals surface area contributed by atoms with Gasteiger partial charge in [-0.15, -0.1) is 0 Å². The number of carbonyl (C=O) groups is 1. The second-order valence-corrected chi connectivity index (χ2v) is 6.06. The minimum atomic E-state index is -0.107. The molecule has 1 N–H and O–H groups in total. The number of rotatable bonds is 4. The molecule has 0 aliphatic rings. The molecule has 0 spiro atoms. The Bertz CT molecular complexity index is 1030. The summed E-state index contributed by atoms with van der Waals surface area (Å²) in [5.74, 6) is 1.22. The molecule has 0 radical (unpaired) electrons. The van der Waals surface area contributed by atoms with Crippen molar-refractivity contribution < 1.29 is 9.32 Å². The molecule has 0 fully saturated rings. The van der Waals surface area contributed by atoms with Gasteiger partial charge in [0, 0.05) is 35.4 Å². The van der Waals surface area contributed by atoms with Gasteiger partial charge in [0.25, 0.3) is 0 Å². The number of nitrogens with zero attached hydrogens (tertiary/aromatic N) is 4. The number of fused-ring (bicyclic) bond motifs is 1. The van der Waals surface area contributed by atoms with E-state index >= 15 is 0 Å². The smallest absolute Gasteiger partial charge is 0.234 e. The predicted octanol–water partition coefficient (Wildman–Crippen LogP) is 3.18. The molecule has 26 heavy (non-hydrogen) atoms. The van der Waals surface area contributed by atoms with Crippen LogP contribution in [0.5, 0.6) is 0 Å². The van der Waals surface area contributed by atoms with Crippen LogP contribution in [0.1, 0.15) is 17.0 Å². The molecule has 7 heteroatoms. The Morgan fingerprint density at radius 1 is 1.23 bits per heavy atom. The average molecular weight is 347 g/mol. The Balaban J connectivity index is 1.48. The molecule has 4 aromatic rings. The molecular weight excluding hydrogens is 330 g/mol. The summed E-state index contributed by atoms with van der Waals surface area (Å²) >= 11 is 0. The van der Waals surface area contributed by atoms with E-state index < -0.39 is 0 Å². The third-order valence-electron chi connectivity index (χ3n) is 4.22. The van der Waals surface area contributed by atoms with Gasteiger partial charge >= 0.3 is 0 Å². The molecule has 0 aliphatic heterocycles. The van der Waals surface area contributed by atoms with E-state index in [9.17, 15) is 4.79 Å². The molecule has 4 rings (SSSR count). The first-order chi connectivity index (χ1) is 12.6. The Morgan fingerprint density at radius 2 is 2.04 bits per heavy atom. The van der Waals surface area contributed by atoms with Crippen molar-refractivity contribution in [2.75, 3.05) is 5.32 Å². The summed E-state index contributed by atoms with van der Waals surface area (Å²) in [4.78, 5) is 21.0. The summed E-state index contributed by atoms with van der Waals surface area (Å²) < 4.78 is 6.96. The molecule has 1 amide bonds. The Kier molecular flexibility index (Phi) is 3.96. The van der Waals surface area contributed by atoms with Gasteiger partial charge in [-0.2, -0.15) is 0 Å². The summed E-state index contributed by atoms with van der Waals surface area (Å²) in [7, 11) is 0. The lowest BCUT2D eigenvalue weighted by Gasteiger charge is -2.06. The maximum absolute atomic E-state index is 12.3. The van der Waals surface area contributed by atoms with Crippen LogP contribution >= 0.6 is 0 Å². The van der Waals surface area contributed by atoms with E-state index in [-0.39, 0.29) is 12.3 Å². The van der Waals surface area contributed by atoms with Gasteiger partial charge < -0.3 is 9.84 Å². The van der Waals surface area contributed by atoms with Crippen molar-refractivity contribution in [3.05, 3.63) is 65.9 Å². The first kappa shape index (κ1) is 16.0. The molecule has 0 saturated heterocycles. The van der Waals surface area contributed by atoms with Crippen molar-refractivity contribution in [3.63, 3.8) is 0 Å². The van der Waals surface area contributed by atoms with Gasteiger partial charge in [0.05, 0.1) is 17.8 Å². The molecule has 0 unspecified atom stereocenters. The summed E-state index contributed by atoms with van der Waals surface area (Å²) in [6.45, 7) is 3.64. The molecule has 0 bridgehead atoms. The van der Waals surface area contributed by atoms with Crippen molar-refractivity contribution >= 4 is 17.4 Å². The molecule has 0 saturated carbocycles. The van der Waals surface area contributed by atoms with Crippen LogP contribution < -0.4 is 5.32 Å². The fraction of sp³-hybridized carbons (Fsp3) is 0.158. The van der Waals surface area contributed by atoms with E-state index in [4.69, 9.17) is 4.52 Å². The molecule has 3 aromatic heterocycles. The number of carbonyl (C=O) groups excluding carboxylic acids is 1. The third kappa shape index (κ3) is 3.06. The number of aryl methyl sites for hydroxylation is 2. The highest BCUT2D eigenvalue weighted by molar-refractivity contribution is 5.92. The second-order valence-electron chi connectivity index (χ2n) is 6.06. The van der Waals surface area contributed by atoms with Gasteiger partial charge in [0.1, 0.15) is 5.76 Å². The number of imidazole rings is 1. The zero-order valence-electron chi connectivity index (χ0n) is 14.4. The number of aromatic nitrogens is 4. The first-order valence-corrected chi connectivity index (χ1v) is 8.22. The number of hydrogen-bond donors (Lipinski definition) is 1. The normalized spacial score (nSPS) is 11.0. The molecule has 130 valence electrons. The van der Waals surface area contributed by atoms with E-state index in [1.807, 2.05) is 54.0 Å². The zero-order valence-corrected chi connectivity index (χ0v) is 14.4. The van der Waals surface area contributed by atoms with Gasteiger partial charge in [-0.05, 0) is 32.0 Å². The Morgan fingerprint density at radius 3 is 2.73 bits per heavy atom. The second kappa shape index (κ2) is 6.44. The van der Waals surface area contributed by atoms with Gasteiger partial charge in [-0.25, -0.2) is 9.97 Å². The number of anilines is 1. The van der Waals surface area contributed by atoms with E-state index in [1.54, 1.807) is 13.1 Å². The minimum absolute atomic E-state index is 0.107. The van der Waals surface area contributed by atoms with E-state index in [0.717, 1.165) is 28.2 Å². The largest absolute Gasteiger partial charge is 0.361 e. The quantitative estimate of drug-likeness (QED) is 0.613. The highest BCUT2D eigenvalue weighted by atomic mass is 16.5. The van der Waals surface area contributed by atoms with E-state index in [1.165, 1.54) is 0 Å². The van der Waals surface area contributed by atoms with Crippen LogP contribution in [0, 0.1) is 13.8 Å². The van der Waals surface area contributed by atoms with Crippen LogP contribution in [-0.2, 0) is 11.2 Å². The van der Waals surface area contributed by atoms with Crippen molar-refractivity contribution in [2.45, 2.75) is 20.3 Å². The molecule has 3 heterocycles. The van der Waals surface area contributed by atoms with Crippen LogP contribution in [0.25, 0.3) is 17.0 Å². The summed E-state index contributed by atoms with van der Waals surface area (Å²) in [5, 5.41) is 6.76. The minimum Gasteiger partial charge on any atom is -0.361 e. The van der Waals surface area contributed by atoms with Gasteiger partial charge in [-0.3, -0.25) is 9.20 Å². The van der Waals surface area contributed by atoms with Crippen LogP contribution in [-0.4, -0.2) is 25.4 Å². The molecule has 7 nitrogen and oxygen atoms in total. The number of benzene rings is 1. The Labute approximate surface area is 149 Å². The van der Waals surface area contributed by atoms with Gasteiger partial charge in [-0.1, -0.05) is 17.3 Å². The fourth-order valence-electron chi connectivity index (χ4n) is 2.81. The molecular formula is C19H17N5O2. The SMILES string of the molecule is Cc1noc(C)c1CC(=O)Nc1ccc(-c2cn3cccnc3n2)cc1. The standard InChI is InChI=1S/C19H17N5O2/c1-12-16(13(2)26-23-12)10-18(25)21-15-6-4-14(5-7-15)17-11-24-9-3-8-20-19(24)22-17/h3-9,11H,10H2,1-2H3,(H,21,25). The first-order valence-electron chi connectivity index (χ1n) is 8.22. The van der Waals surface area contributed by atoms with Crippen LogP contribution in [0.2, 0.25) is 0 Å². The summed E-state index contributed by atoms with van der Waals surface area (Å²) in [6, 6.07) is 9.42. The topological polar surface area (TPSA) is 85.3 Å². The van der Waals surface area contributed by atoms with Crippen LogP contribution in [0.3, 0.4) is 0 Å². The predicted molar refractivity (Wildman–Crippen MR) is 96.7 cm³/mol. The lowest BCUT2D eigenvalue weighted by molar-refractivity contribution is -0.115. The highest BCUT2D eigenvalue weighted by Crippen LogP contribution is 2.21. The summed E-state index contributed by atoms with van der Waals surface area (Å²) in [5.41, 5.74) is 4.09. The van der Waals surface area contributed by atoms with E-state index in [0.29, 0.717) is 11.5 Å². The molecule has 1 aromatic carbocycles. The fourth-order valence-corrected chi connectivity index (χ4v) is 2.81. The molecule has 0 atom stereocenters. The van der Waals surface area contributed by atoms with E-state index in [2.05, 4.69) is 20.4 Å². The van der Waals surface area contributed by atoms with Gasteiger partial charge in [0.15, 0.2) is 0 Å². The van der Waals surface area contributed by atoms with Crippen LogP contribution in [0.15, 0.2) is 53.4 Å². The maximum atomic E-state index is 12.3. The van der Waals surface area contributed by atoms with Gasteiger partial charge in [0.2, 0.25) is 11.7 Å². The third-order valence-corrected chi connectivity index (χ3v) is 4.22. The average Bonchev–Trinajstić information content (AvgIpc) is 3.21. The summed E-state index contributed by atoms with van der Waals surface area (Å²) in [6.07, 6.45) is 5.78.